The number of benzene rings is 2. The Balaban J connectivity index is 1.73. The first-order valence-electron chi connectivity index (χ1n) is 7.90. The third-order valence-corrected chi connectivity index (χ3v) is 3.79. The van der Waals surface area contributed by atoms with Gasteiger partial charge in [-0.3, -0.25) is 4.84 Å². The van der Waals surface area contributed by atoms with E-state index in [2.05, 4.69) is 41.7 Å². The number of unbranched alkanes of at least 4 members (excludes halogenated alkanes) is 1. The maximum Gasteiger partial charge on any atom is 0.345 e. The fourth-order valence-corrected chi connectivity index (χ4v) is 2.34. The summed E-state index contributed by atoms with van der Waals surface area (Å²) in [5.74, 6) is 0. The van der Waals surface area contributed by atoms with Crippen molar-refractivity contribution in [1.82, 2.24) is 5.06 Å². The van der Waals surface area contributed by atoms with Gasteiger partial charge >= 0.3 is 6.03 Å². The van der Waals surface area contributed by atoms with E-state index in [4.69, 9.17) is 4.84 Å². The van der Waals surface area contributed by atoms with Gasteiger partial charge in [0.25, 0.3) is 0 Å². The van der Waals surface area contributed by atoms with Crippen LogP contribution in [0.3, 0.4) is 0 Å². The number of hydrogen-bond donors (Lipinski definition) is 1. The Morgan fingerprint density at radius 3 is 2.09 bits per heavy atom. The van der Waals surface area contributed by atoms with Crippen LogP contribution in [0.2, 0.25) is 0 Å². The smallest absolute Gasteiger partial charge is 0.306 e. The van der Waals surface area contributed by atoms with Gasteiger partial charge in [0, 0.05) is 12.7 Å². The normalized spacial score (nSPS) is 10.3. The lowest BCUT2D eigenvalue weighted by Crippen LogP contribution is -2.30. The Morgan fingerprint density at radius 2 is 1.52 bits per heavy atom. The SMILES string of the molecule is CON(C)C(=O)Nc1ccc(CCCCc2ccccc2)cc1. The molecule has 0 radical (unpaired) electrons. The molecule has 0 fully saturated rings. The summed E-state index contributed by atoms with van der Waals surface area (Å²) >= 11 is 0. The molecule has 0 bridgehead atoms. The minimum Gasteiger partial charge on any atom is -0.306 e. The second-order valence-electron chi connectivity index (χ2n) is 5.50. The van der Waals surface area contributed by atoms with Crippen molar-refractivity contribution < 1.29 is 9.63 Å². The molecule has 122 valence electrons. The van der Waals surface area contributed by atoms with Crippen molar-refractivity contribution in [2.75, 3.05) is 19.5 Å². The number of carbonyl (C=O) groups excluding carboxylic acids is 1. The summed E-state index contributed by atoms with van der Waals surface area (Å²) in [6.07, 6.45) is 4.52. The fraction of sp³-hybridized carbons (Fsp3) is 0.316. The molecule has 2 amide bonds. The molecular weight excluding hydrogens is 288 g/mol. The van der Waals surface area contributed by atoms with E-state index in [-0.39, 0.29) is 6.03 Å². The lowest BCUT2D eigenvalue weighted by atomic mass is 10.0. The van der Waals surface area contributed by atoms with Crippen LogP contribution < -0.4 is 5.32 Å². The van der Waals surface area contributed by atoms with Crippen molar-refractivity contribution in [2.45, 2.75) is 25.7 Å². The Bertz CT molecular complexity index is 597. The van der Waals surface area contributed by atoms with Gasteiger partial charge in [-0.1, -0.05) is 42.5 Å². The molecule has 4 heteroatoms. The second-order valence-corrected chi connectivity index (χ2v) is 5.50. The first kappa shape index (κ1) is 17.0. The Labute approximate surface area is 138 Å². The molecule has 2 rings (SSSR count). The largest absolute Gasteiger partial charge is 0.345 e. The molecular formula is C19H24N2O2. The fourth-order valence-electron chi connectivity index (χ4n) is 2.34. The van der Waals surface area contributed by atoms with Crippen LogP contribution in [0.5, 0.6) is 0 Å². The minimum atomic E-state index is -0.289. The summed E-state index contributed by atoms with van der Waals surface area (Å²) in [6.45, 7) is 0. The highest BCUT2D eigenvalue weighted by molar-refractivity contribution is 5.88. The number of amides is 2. The highest BCUT2D eigenvalue weighted by atomic mass is 16.7. The Hall–Kier alpha value is -2.33. The highest BCUT2D eigenvalue weighted by Crippen LogP contribution is 2.13. The van der Waals surface area contributed by atoms with Crippen LogP contribution in [0.25, 0.3) is 0 Å². The summed E-state index contributed by atoms with van der Waals surface area (Å²) in [4.78, 5) is 16.5. The average molecular weight is 312 g/mol. The van der Waals surface area contributed by atoms with E-state index in [9.17, 15) is 4.79 Å². The van der Waals surface area contributed by atoms with Crippen LogP contribution in [0.4, 0.5) is 10.5 Å². The number of urea groups is 1. The van der Waals surface area contributed by atoms with Gasteiger partial charge in [0.05, 0.1) is 7.11 Å². The highest BCUT2D eigenvalue weighted by Gasteiger charge is 2.07. The third kappa shape index (κ3) is 5.75. The van der Waals surface area contributed by atoms with E-state index >= 15 is 0 Å². The maximum absolute atomic E-state index is 11.7. The first-order chi connectivity index (χ1) is 11.2. The number of hydroxylamine groups is 2. The molecule has 4 nitrogen and oxygen atoms in total. The molecule has 2 aromatic rings. The van der Waals surface area contributed by atoms with E-state index in [0.29, 0.717) is 0 Å². The Kier molecular flexibility index (Phi) is 6.63. The molecule has 2 aromatic carbocycles. The summed E-state index contributed by atoms with van der Waals surface area (Å²) in [5, 5.41) is 3.92. The van der Waals surface area contributed by atoms with E-state index in [0.717, 1.165) is 30.0 Å². The van der Waals surface area contributed by atoms with Crippen molar-refractivity contribution in [2.24, 2.45) is 0 Å². The zero-order valence-corrected chi connectivity index (χ0v) is 13.8. The lowest BCUT2D eigenvalue weighted by Gasteiger charge is -2.14. The summed E-state index contributed by atoms with van der Waals surface area (Å²) < 4.78 is 0. The summed E-state index contributed by atoms with van der Waals surface area (Å²) in [6, 6.07) is 18.3. The van der Waals surface area contributed by atoms with Gasteiger partial charge in [-0.05, 0) is 48.9 Å². The number of nitrogens with zero attached hydrogens (tertiary/aromatic N) is 1. The summed E-state index contributed by atoms with van der Waals surface area (Å²) in [5.41, 5.74) is 3.45. The molecule has 0 unspecified atom stereocenters. The van der Waals surface area contributed by atoms with Crippen molar-refractivity contribution in [3.8, 4) is 0 Å². The van der Waals surface area contributed by atoms with Crippen molar-refractivity contribution in [3.05, 3.63) is 65.7 Å². The van der Waals surface area contributed by atoms with Crippen LogP contribution in [-0.4, -0.2) is 25.3 Å². The van der Waals surface area contributed by atoms with E-state index in [1.807, 2.05) is 18.2 Å². The molecule has 0 aromatic heterocycles. The van der Waals surface area contributed by atoms with Crippen molar-refractivity contribution in [3.63, 3.8) is 0 Å². The predicted molar refractivity (Wildman–Crippen MR) is 93.3 cm³/mol. The lowest BCUT2D eigenvalue weighted by molar-refractivity contribution is -0.0598. The van der Waals surface area contributed by atoms with E-state index in [1.54, 1.807) is 7.05 Å². The Morgan fingerprint density at radius 1 is 0.957 bits per heavy atom. The van der Waals surface area contributed by atoms with Crippen LogP contribution in [0, 0.1) is 0 Å². The third-order valence-electron chi connectivity index (χ3n) is 3.79. The first-order valence-corrected chi connectivity index (χ1v) is 7.90. The van der Waals surface area contributed by atoms with Crippen molar-refractivity contribution >= 4 is 11.7 Å². The zero-order valence-electron chi connectivity index (χ0n) is 13.8. The van der Waals surface area contributed by atoms with Crippen LogP contribution in [-0.2, 0) is 17.7 Å². The zero-order chi connectivity index (χ0) is 16.5. The van der Waals surface area contributed by atoms with E-state index < -0.39 is 0 Å². The van der Waals surface area contributed by atoms with Crippen LogP contribution in [0.15, 0.2) is 54.6 Å². The molecule has 0 atom stereocenters. The van der Waals surface area contributed by atoms with Gasteiger partial charge in [-0.15, -0.1) is 0 Å². The predicted octanol–water partition coefficient (Wildman–Crippen LogP) is 4.28. The van der Waals surface area contributed by atoms with Gasteiger partial charge in [0.15, 0.2) is 0 Å². The van der Waals surface area contributed by atoms with Gasteiger partial charge in [0.1, 0.15) is 0 Å². The average Bonchev–Trinajstić information content (AvgIpc) is 2.60. The molecule has 0 spiro atoms. The quantitative estimate of drug-likeness (QED) is 0.612. The van der Waals surface area contributed by atoms with E-state index in [1.165, 1.54) is 24.7 Å². The number of nitrogens with one attached hydrogen (secondary N) is 1. The molecule has 0 aliphatic rings. The molecule has 0 heterocycles. The van der Waals surface area contributed by atoms with Crippen LogP contribution in [0.1, 0.15) is 24.0 Å². The molecule has 1 N–H and O–H groups in total. The second kappa shape index (κ2) is 8.96. The summed E-state index contributed by atoms with van der Waals surface area (Å²) in [7, 11) is 3.02. The molecule has 0 saturated heterocycles. The molecule has 0 aliphatic carbocycles. The van der Waals surface area contributed by atoms with Gasteiger partial charge in [-0.25, -0.2) is 9.86 Å². The van der Waals surface area contributed by atoms with Crippen LogP contribution >= 0.6 is 0 Å². The minimum absolute atomic E-state index is 0.289. The molecule has 23 heavy (non-hydrogen) atoms. The monoisotopic (exact) mass is 312 g/mol. The molecule has 0 aliphatic heterocycles. The van der Waals surface area contributed by atoms with Gasteiger partial charge < -0.3 is 5.32 Å². The topological polar surface area (TPSA) is 41.6 Å². The van der Waals surface area contributed by atoms with Gasteiger partial charge in [0.2, 0.25) is 0 Å². The standard InChI is InChI=1S/C19H24N2O2/c1-21(23-2)19(22)20-18-14-12-17(13-15-18)11-7-6-10-16-8-4-3-5-9-16/h3-5,8-9,12-15H,6-7,10-11H2,1-2H3,(H,20,22). The molecule has 0 saturated carbocycles. The van der Waals surface area contributed by atoms with Gasteiger partial charge in [-0.2, -0.15) is 0 Å². The number of rotatable bonds is 7. The number of hydrogen-bond acceptors (Lipinski definition) is 2. The number of aryl methyl sites for hydroxylation is 2. The number of carbonyl (C=O) groups is 1. The van der Waals surface area contributed by atoms with Crippen molar-refractivity contribution in [1.29, 1.82) is 0 Å². The maximum atomic E-state index is 11.7. The number of anilines is 1.